The zero-order chi connectivity index (χ0) is 28.1. The highest BCUT2D eigenvalue weighted by Crippen LogP contribution is 2.52. The normalized spacial score (nSPS) is 26.4. The third kappa shape index (κ3) is 5.28. The molecule has 0 spiro atoms. The lowest BCUT2D eigenvalue weighted by molar-refractivity contribution is -0.201. The van der Waals surface area contributed by atoms with E-state index in [9.17, 15) is 28.0 Å². The number of carbonyl (C=O) groups is 2. The first-order chi connectivity index (χ1) is 18.4. The van der Waals surface area contributed by atoms with Gasteiger partial charge >= 0.3 is 6.18 Å². The number of nitriles is 1. The largest absolute Gasteiger partial charge is 0.480 e. The fraction of sp³-hybridized carbons (Fsp3) is 0.429. The SMILES string of the molecule is CC1(C)CC(=O)N([C@H](c2cccc(C#N)c2)C2C[C@H]2C(=O)N[C@H]2CC(C(F)(F)F)Oc3ccccc32)C(N)=N1. The smallest absolute Gasteiger partial charge is 0.425 e. The van der Waals surface area contributed by atoms with Crippen molar-refractivity contribution < 1.29 is 27.5 Å². The number of nitrogens with one attached hydrogen (secondary N) is 1. The Hall–Kier alpha value is -4.07. The molecule has 0 saturated heterocycles. The van der Waals surface area contributed by atoms with Crippen LogP contribution in [0, 0.1) is 23.2 Å². The highest BCUT2D eigenvalue weighted by atomic mass is 19.4. The Bertz CT molecular complexity index is 1380. The molecule has 0 radical (unpaired) electrons. The summed E-state index contributed by atoms with van der Waals surface area (Å²) in [5.74, 6) is -1.50. The first-order valence-electron chi connectivity index (χ1n) is 12.7. The second-order valence-electron chi connectivity index (χ2n) is 10.9. The number of ether oxygens (including phenoxy) is 1. The van der Waals surface area contributed by atoms with Crippen LogP contribution in [0.4, 0.5) is 13.2 Å². The van der Waals surface area contributed by atoms with Crippen LogP contribution in [0.3, 0.4) is 0 Å². The van der Waals surface area contributed by atoms with Gasteiger partial charge < -0.3 is 15.8 Å². The third-order valence-corrected chi connectivity index (χ3v) is 7.43. The molecule has 5 rings (SSSR count). The lowest BCUT2D eigenvalue weighted by Crippen LogP contribution is -2.52. The monoisotopic (exact) mass is 539 g/mol. The van der Waals surface area contributed by atoms with Crippen LogP contribution in [0.1, 0.15) is 61.9 Å². The number of fused-ring (bicyclic) bond motifs is 1. The van der Waals surface area contributed by atoms with Gasteiger partial charge in [-0.15, -0.1) is 0 Å². The minimum atomic E-state index is -4.59. The zero-order valence-corrected chi connectivity index (χ0v) is 21.4. The number of amides is 2. The molecule has 3 aliphatic rings. The second-order valence-corrected chi connectivity index (χ2v) is 10.9. The van der Waals surface area contributed by atoms with Crippen LogP contribution >= 0.6 is 0 Å². The van der Waals surface area contributed by atoms with E-state index in [2.05, 4.69) is 16.4 Å². The second kappa shape index (κ2) is 9.59. The van der Waals surface area contributed by atoms with Crippen molar-refractivity contribution in [1.82, 2.24) is 10.2 Å². The van der Waals surface area contributed by atoms with Crippen molar-refractivity contribution in [3.8, 4) is 11.8 Å². The number of halogens is 3. The van der Waals surface area contributed by atoms with Crippen molar-refractivity contribution in [1.29, 1.82) is 5.26 Å². The first kappa shape index (κ1) is 26.5. The van der Waals surface area contributed by atoms with Crippen molar-refractivity contribution >= 4 is 17.8 Å². The van der Waals surface area contributed by atoms with Crippen LogP contribution in [0.5, 0.6) is 5.75 Å². The number of alkyl halides is 3. The Morgan fingerprint density at radius 2 is 1.97 bits per heavy atom. The van der Waals surface area contributed by atoms with Gasteiger partial charge in [0.2, 0.25) is 11.8 Å². The van der Waals surface area contributed by atoms with Crippen LogP contribution in [0.2, 0.25) is 0 Å². The van der Waals surface area contributed by atoms with Gasteiger partial charge in [0, 0.05) is 17.9 Å². The average Bonchev–Trinajstić information content (AvgIpc) is 3.65. The Kier molecular flexibility index (Phi) is 6.53. The number of para-hydroxylation sites is 1. The zero-order valence-electron chi connectivity index (χ0n) is 21.4. The topological polar surface area (TPSA) is 121 Å². The predicted molar refractivity (Wildman–Crippen MR) is 135 cm³/mol. The molecule has 5 atom stereocenters. The number of nitrogens with zero attached hydrogens (tertiary/aromatic N) is 3. The Labute approximate surface area is 223 Å². The van der Waals surface area contributed by atoms with Gasteiger partial charge in [-0.2, -0.15) is 18.4 Å². The molecule has 0 bridgehead atoms. The first-order valence-corrected chi connectivity index (χ1v) is 12.7. The van der Waals surface area contributed by atoms with Crippen LogP contribution in [-0.4, -0.2) is 40.5 Å². The maximum atomic E-state index is 13.5. The molecule has 2 aromatic rings. The average molecular weight is 540 g/mol. The number of rotatable bonds is 5. The predicted octanol–water partition coefficient (Wildman–Crippen LogP) is 4.13. The van der Waals surface area contributed by atoms with Crippen LogP contribution in [-0.2, 0) is 9.59 Å². The Morgan fingerprint density at radius 3 is 2.67 bits per heavy atom. The fourth-order valence-electron chi connectivity index (χ4n) is 5.56. The number of hydrogen-bond donors (Lipinski definition) is 2. The van der Waals surface area contributed by atoms with E-state index in [1.54, 1.807) is 56.3 Å². The molecule has 1 fully saturated rings. The highest BCUT2D eigenvalue weighted by molar-refractivity contribution is 5.99. The standard InChI is InChI=1S/C28H28F3N5O3/c1-27(2)13-23(37)36(26(33)35-27)24(16-7-5-6-15(10-16)14-32)18-11-19(18)25(38)34-20-12-22(28(29,30)31)39-21-9-4-3-8-17(20)21/h3-10,18-20,22,24H,11-13H2,1-2H3,(H2,33,35)(H,34,38)/t18?,19-,20+,22?,24-/m1/s1. The van der Waals surface area contributed by atoms with E-state index >= 15 is 0 Å². The van der Waals surface area contributed by atoms with Crippen LogP contribution in [0.15, 0.2) is 53.5 Å². The fourth-order valence-corrected chi connectivity index (χ4v) is 5.56. The molecule has 0 aromatic heterocycles. The van der Waals surface area contributed by atoms with E-state index in [1.165, 1.54) is 11.0 Å². The Morgan fingerprint density at radius 1 is 1.23 bits per heavy atom. The van der Waals surface area contributed by atoms with E-state index < -0.39 is 48.1 Å². The van der Waals surface area contributed by atoms with Crippen molar-refractivity contribution in [3.05, 3.63) is 65.2 Å². The molecule has 1 saturated carbocycles. The molecular weight excluding hydrogens is 511 g/mol. The summed E-state index contributed by atoms with van der Waals surface area (Å²) >= 11 is 0. The quantitative estimate of drug-likeness (QED) is 0.592. The lowest BCUT2D eigenvalue weighted by Gasteiger charge is -2.38. The van der Waals surface area contributed by atoms with Crippen molar-refractivity contribution in [2.75, 3.05) is 0 Å². The molecule has 204 valence electrons. The highest BCUT2D eigenvalue weighted by Gasteiger charge is 2.54. The molecule has 2 unspecified atom stereocenters. The number of hydrogen-bond acceptors (Lipinski definition) is 6. The minimum Gasteiger partial charge on any atom is -0.480 e. The molecular formula is C28H28F3N5O3. The molecule has 2 aliphatic heterocycles. The molecule has 8 nitrogen and oxygen atoms in total. The van der Waals surface area contributed by atoms with E-state index in [-0.39, 0.29) is 30.0 Å². The van der Waals surface area contributed by atoms with E-state index in [0.717, 1.165) is 0 Å². The summed E-state index contributed by atoms with van der Waals surface area (Å²) in [6.07, 6.45) is -6.57. The summed E-state index contributed by atoms with van der Waals surface area (Å²) in [4.78, 5) is 32.5. The van der Waals surface area contributed by atoms with Gasteiger partial charge in [0.05, 0.1) is 35.7 Å². The molecule has 2 heterocycles. The minimum absolute atomic E-state index is 0.0287. The number of carbonyl (C=O) groups excluding carboxylic acids is 2. The van der Waals surface area contributed by atoms with E-state index in [1.807, 2.05) is 0 Å². The Balaban J connectivity index is 1.42. The van der Waals surface area contributed by atoms with Gasteiger partial charge in [-0.3, -0.25) is 14.5 Å². The molecule has 2 amide bonds. The van der Waals surface area contributed by atoms with Crippen LogP contribution < -0.4 is 15.8 Å². The summed E-state index contributed by atoms with van der Waals surface area (Å²) < 4.78 is 45.8. The number of benzene rings is 2. The summed E-state index contributed by atoms with van der Waals surface area (Å²) in [5.41, 5.74) is 7.09. The summed E-state index contributed by atoms with van der Waals surface area (Å²) in [6, 6.07) is 13.6. The van der Waals surface area contributed by atoms with Gasteiger partial charge in [0.25, 0.3) is 0 Å². The van der Waals surface area contributed by atoms with Crippen LogP contribution in [0.25, 0.3) is 0 Å². The summed E-state index contributed by atoms with van der Waals surface area (Å²) in [5, 5.41) is 12.2. The number of nitrogens with two attached hydrogens (primary N) is 1. The number of guanidine groups is 1. The van der Waals surface area contributed by atoms with Gasteiger partial charge in [0.1, 0.15) is 5.75 Å². The molecule has 39 heavy (non-hydrogen) atoms. The third-order valence-electron chi connectivity index (χ3n) is 7.43. The van der Waals surface area contributed by atoms with Crippen molar-refractivity contribution in [2.24, 2.45) is 22.6 Å². The molecule has 2 aromatic carbocycles. The molecule has 1 aliphatic carbocycles. The number of aliphatic imine (C=N–C) groups is 1. The van der Waals surface area contributed by atoms with Gasteiger partial charge in [-0.05, 0) is 49.9 Å². The summed E-state index contributed by atoms with van der Waals surface area (Å²) in [6.45, 7) is 3.60. The summed E-state index contributed by atoms with van der Waals surface area (Å²) in [7, 11) is 0. The maximum Gasteiger partial charge on any atom is 0.425 e. The van der Waals surface area contributed by atoms with Gasteiger partial charge in [-0.1, -0.05) is 30.3 Å². The molecule has 11 heteroatoms. The van der Waals surface area contributed by atoms with Crippen molar-refractivity contribution in [3.63, 3.8) is 0 Å². The van der Waals surface area contributed by atoms with Gasteiger partial charge in [0.15, 0.2) is 12.1 Å². The van der Waals surface area contributed by atoms with Crippen molar-refractivity contribution in [2.45, 2.75) is 63.0 Å². The van der Waals surface area contributed by atoms with E-state index in [4.69, 9.17) is 10.5 Å². The van der Waals surface area contributed by atoms with E-state index in [0.29, 0.717) is 23.1 Å². The molecule has 3 N–H and O–H groups in total. The maximum absolute atomic E-state index is 13.5. The lowest BCUT2D eigenvalue weighted by atomic mass is 9.93. The van der Waals surface area contributed by atoms with Gasteiger partial charge in [-0.25, -0.2) is 4.99 Å².